The number of aliphatic hydroxyl groups is 2. The second-order valence-corrected chi connectivity index (χ2v) is 9.74. The monoisotopic (exact) mass is 324 g/mol. The summed E-state index contributed by atoms with van der Waals surface area (Å²) in [5.74, 6) is 1.06. The molecule has 2 N–H and O–H groups in total. The van der Waals surface area contributed by atoms with Crippen molar-refractivity contribution in [3.05, 3.63) is 0 Å². The Morgan fingerprint density at radius 2 is 1.70 bits per heavy atom. The number of ether oxygens (including phenoxy) is 1. The van der Waals surface area contributed by atoms with Gasteiger partial charge in [-0.15, -0.1) is 0 Å². The SMILES string of the molecule is C[C@H]1CC[C@H]2C(C)(C)[C@@H](O)CC[C@]2(C)[C@@]12CC[C@@](C)(CCO)O2. The van der Waals surface area contributed by atoms with E-state index >= 15 is 0 Å². The van der Waals surface area contributed by atoms with Crippen molar-refractivity contribution in [1.29, 1.82) is 0 Å². The molecule has 1 saturated heterocycles. The predicted molar refractivity (Wildman–Crippen MR) is 92.2 cm³/mol. The van der Waals surface area contributed by atoms with Gasteiger partial charge >= 0.3 is 0 Å². The third-order valence-corrected chi connectivity index (χ3v) is 8.21. The number of rotatable bonds is 2. The van der Waals surface area contributed by atoms with Gasteiger partial charge in [-0.3, -0.25) is 0 Å². The van der Waals surface area contributed by atoms with Crippen LogP contribution in [0.4, 0.5) is 0 Å². The average Bonchev–Trinajstić information content (AvgIpc) is 2.81. The molecule has 3 heteroatoms. The minimum Gasteiger partial charge on any atom is -0.396 e. The number of aliphatic hydroxyl groups excluding tert-OH is 2. The van der Waals surface area contributed by atoms with Crippen molar-refractivity contribution in [2.75, 3.05) is 6.61 Å². The van der Waals surface area contributed by atoms with Crippen LogP contribution in [-0.4, -0.2) is 34.1 Å². The molecule has 1 heterocycles. The standard InChI is InChI=1S/C20H36O3/c1-14-6-7-15-17(2,3)16(22)8-9-19(15,5)20(14)11-10-18(4,23-20)12-13-21/h14-16,21-22H,6-13H2,1-5H3/t14-,15-,16-,18-,19-,20+/m0/s1. The molecular weight excluding hydrogens is 288 g/mol. The van der Waals surface area contributed by atoms with Crippen LogP contribution in [0.2, 0.25) is 0 Å². The van der Waals surface area contributed by atoms with Crippen molar-refractivity contribution < 1.29 is 14.9 Å². The first-order valence-electron chi connectivity index (χ1n) is 9.60. The predicted octanol–water partition coefficient (Wildman–Crippen LogP) is 3.91. The van der Waals surface area contributed by atoms with E-state index in [-0.39, 0.29) is 34.7 Å². The van der Waals surface area contributed by atoms with Crippen LogP contribution in [-0.2, 0) is 4.74 Å². The maximum atomic E-state index is 10.6. The molecule has 1 aliphatic heterocycles. The smallest absolute Gasteiger partial charge is 0.0772 e. The molecule has 2 aliphatic carbocycles. The summed E-state index contributed by atoms with van der Waals surface area (Å²) in [5.41, 5.74) is -0.189. The Kier molecular flexibility index (Phi) is 4.18. The van der Waals surface area contributed by atoms with Crippen LogP contribution in [0.1, 0.15) is 79.6 Å². The van der Waals surface area contributed by atoms with E-state index in [9.17, 15) is 10.2 Å². The van der Waals surface area contributed by atoms with Crippen molar-refractivity contribution >= 4 is 0 Å². The van der Waals surface area contributed by atoms with Crippen molar-refractivity contribution in [3.63, 3.8) is 0 Å². The fourth-order valence-electron chi connectivity index (χ4n) is 6.60. The van der Waals surface area contributed by atoms with Crippen LogP contribution in [0.15, 0.2) is 0 Å². The van der Waals surface area contributed by atoms with E-state index in [1.54, 1.807) is 0 Å². The van der Waals surface area contributed by atoms with Gasteiger partial charge in [0.05, 0.1) is 17.3 Å². The molecule has 0 aromatic carbocycles. The summed E-state index contributed by atoms with van der Waals surface area (Å²) in [6, 6.07) is 0. The zero-order valence-corrected chi connectivity index (χ0v) is 15.7. The Morgan fingerprint density at radius 1 is 1.00 bits per heavy atom. The molecule has 0 aromatic heterocycles. The van der Waals surface area contributed by atoms with Gasteiger partial charge in [0.2, 0.25) is 0 Å². The number of hydrogen-bond acceptors (Lipinski definition) is 3. The summed E-state index contributed by atoms with van der Waals surface area (Å²) in [6.07, 6.45) is 7.00. The van der Waals surface area contributed by atoms with Crippen LogP contribution in [0.25, 0.3) is 0 Å². The van der Waals surface area contributed by atoms with Gasteiger partial charge in [-0.05, 0) is 69.1 Å². The fraction of sp³-hybridized carbons (Fsp3) is 1.00. The summed E-state index contributed by atoms with van der Waals surface area (Å²) >= 11 is 0. The summed E-state index contributed by atoms with van der Waals surface area (Å²) in [6.45, 7) is 11.7. The Balaban J connectivity index is 1.99. The highest BCUT2D eigenvalue weighted by Crippen LogP contribution is 2.67. The second-order valence-electron chi connectivity index (χ2n) is 9.74. The molecule has 2 saturated carbocycles. The quantitative estimate of drug-likeness (QED) is 0.809. The summed E-state index contributed by atoms with van der Waals surface area (Å²) < 4.78 is 6.89. The highest BCUT2D eigenvalue weighted by atomic mass is 16.5. The zero-order valence-electron chi connectivity index (χ0n) is 15.7. The maximum absolute atomic E-state index is 10.6. The van der Waals surface area contributed by atoms with Gasteiger partial charge in [0, 0.05) is 12.0 Å². The van der Waals surface area contributed by atoms with Crippen LogP contribution in [0.5, 0.6) is 0 Å². The molecule has 3 aliphatic rings. The lowest BCUT2D eigenvalue weighted by Gasteiger charge is -2.64. The van der Waals surface area contributed by atoms with E-state index in [0.717, 1.165) is 32.1 Å². The van der Waals surface area contributed by atoms with Crippen LogP contribution < -0.4 is 0 Å². The molecule has 0 unspecified atom stereocenters. The fourth-order valence-corrected chi connectivity index (χ4v) is 6.60. The molecule has 134 valence electrons. The lowest BCUT2D eigenvalue weighted by atomic mass is 9.44. The number of hydrogen-bond donors (Lipinski definition) is 2. The molecule has 1 spiro atoms. The van der Waals surface area contributed by atoms with Crippen molar-refractivity contribution in [3.8, 4) is 0 Å². The lowest BCUT2D eigenvalue weighted by Crippen LogP contribution is -2.65. The molecular formula is C20H36O3. The zero-order chi connectivity index (χ0) is 17.1. The van der Waals surface area contributed by atoms with Gasteiger partial charge in [0.25, 0.3) is 0 Å². The van der Waals surface area contributed by atoms with Gasteiger partial charge < -0.3 is 14.9 Å². The van der Waals surface area contributed by atoms with E-state index < -0.39 is 0 Å². The van der Waals surface area contributed by atoms with Crippen LogP contribution in [0, 0.1) is 22.7 Å². The van der Waals surface area contributed by atoms with Crippen LogP contribution in [0.3, 0.4) is 0 Å². The van der Waals surface area contributed by atoms with Crippen LogP contribution >= 0.6 is 0 Å². The molecule has 3 rings (SSSR count). The van der Waals surface area contributed by atoms with Crippen molar-refractivity contribution in [1.82, 2.24) is 0 Å². The topological polar surface area (TPSA) is 49.7 Å². The van der Waals surface area contributed by atoms with E-state index in [2.05, 4.69) is 34.6 Å². The first-order chi connectivity index (χ1) is 10.6. The van der Waals surface area contributed by atoms with E-state index in [0.29, 0.717) is 11.8 Å². The van der Waals surface area contributed by atoms with Gasteiger partial charge in [0.15, 0.2) is 0 Å². The van der Waals surface area contributed by atoms with Gasteiger partial charge in [-0.25, -0.2) is 0 Å². The number of fused-ring (bicyclic) bond motifs is 2. The summed E-state index contributed by atoms with van der Waals surface area (Å²) in [4.78, 5) is 0. The highest BCUT2D eigenvalue weighted by Gasteiger charge is 2.67. The minimum absolute atomic E-state index is 0.0422. The molecule has 0 amide bonds. The Bertz CT molecular complexity index is 462. The molecule has 0 aromatic rings. The van der Waals surface area contributed by atoms with E-state index in [4.69, 9.17) is 4.74 Å². The Labute approximate surface area is 141 Å². The first-order valence-corrected chi connectivity index (χ1v) is 9.60. The summed E-state index contributed by atoms with van der Waals surface area (Å²) in [5, 5.41) is 20.0. The first kappa shape index (κ1) is 17.7. The molecule has 0 radical (unpaired) electrons. The largest absolute Gasteiger partial charge is 0.396 e. The molecule has 0 bridgehead atoms. The second kappa shape index (κ2) is 5.44. The van der Waals surface area contributed by atoms with E-state index in [1.165, 1.54) is 12.8 Å². The van der Waals surface area contributed by atoms with Crippen molar-refractivity contribution in [2.24, 2.45) is 22.7 Å². The molecule has 3 fully saturated rings. The Morgan fingerprint density at radius 3 is 2.35 bits per heavy atom. The van der Waals surface area contributed by atoms with E-state index in [1.807, 2.05) is 0 Å². The van der Waals surface area contributed by atoms with Crippen molar-refractivity contribution in [2.45, 2.75) is 96.9 Å². The van der Waals surface area contributed by atoms with Gasteiger partial charge in [0.1, 0.15) is 0 Å². The Hall–Kier alpha value is -0.120. The summed E-state index contributed by atoms with van der Waals surface area (Å²) in [7, 11) is 0. The average molecular weight is 325 g/mol. The maximum Gasteiger partial charge on any atom is 0.0772 e. The third-order valence-electron chi connectivity index (χ3n) is 8.21. The molecule has 3 nitrogen and oxygen atoms in total. The minimum atomic E-state index is -0.198. The van der Waals surface area contributed by atoms with Gasteiger partial charge in [-0.1, -0.05) is 27.7 Å². The molecule has 23 heavy (non-hydrogen) atoms. The lowest BCUT2D eigenvalue weighted by molar-refractivity contribution is -0.259. The molecule has 6 atom stereocenters. The third kappa shape index (κ3) is 2.33. The van der Waals surface area contributed by atoms with Gasteiger partial charge in [-0.2, -0.15) is 0 Å². The highest BCUT2D eigenvalue weighted by molar-refractivity contribution is 5.16. The normalized spacial score (nSPS) is 52.6.